The Morgan fingerprint density at radius 3 is 1.69 bits per heavy atom. The van der Waals surface area contributed by atoms with Crippen molar-refractivity contribution in [3.8, 4) is 0 Å². The summed E-state index contributed by atoms with van der Waals surface area (Å²) >= 11 is 0. The molecule has 5 heteroatoms. The minimum absolute atomic E-state index is 0.584. The highest BCUT2D eigenvalue weighted by atomic mass is 32.2. The number of aliphatic hydroxyl groups excluding tert-OH is 1. The fraction of sp³-hybridized carbons (Fsp3) is 0. The van der Waals surface area contributed by atoms with Crippen molar-refractivity contribution in [2.75, 3.05) is 0 Å². The smallest absolute Gasteiger partial charge is 0.217 e. The molecule has 0 unspecified atom stereocenters. The fourth-order valence-corrected chi connectivity index (χ4v) is 2.58. The van der Waals surface area contributed by atoms with Gasteiger partial charge in [-0.3, -0.25) is 0 Å². The molecule has 2 rings (SSSR count). The summed E-state index contributed by atoms with van der Waals surface area (Å²) in [5, 5.41) is 19.1. The van der Waals surface area contributed by atoms with Crippen LogP contribution in [0.4, 0.5) is 0 Å². The van der Waals surface area contributed by atoms with Gasteiger partial charge in [-0.05, 0) is 34.7 Å². The molecule has 2 aromatic rings. The molecular weight excluding hydrogens is 224 g/mol. The topological polar surface area (TPSA) is 66.2 Å². The molecule has 2 heterocycles. The van der Waals surface area contributed by atoms with Gasteiger partial charge in [0, 0.05) is 12.4 Å². The summed E-state index contributed by atoms with van der Waals surface area (Å²) < 4.78 is 0. The van der Waals surface area contributed by atoms with E-state index in [9.17, 15) is 10.2 Å². The number of hydrogen-bond acceptors (Lipinski definition) is 2. The van der Waals surface area contributed by atoms with Crippen LogP contribution in [0.1, 0.15) is 0 Å². The first-order valence-corrected chi connectivity index (χ1v) is 5.83. The minimum Gasteiger partial charge on any atom is -0.336 e. The van der Waals surface area contributed by atoms with Crippen LogP contribution in [-0.4, -0.2) is 25.4 Å². The molecule has 0 aliphatic rings. The second-order valence-corrected chi connectivity index (χ2v) is 4.74. The van der Waals surface area contributed by atoms with Crippen LogP contribution in [0.15, 0.2) is 58.8 Å². The van der Waals surface area contributed by atoms with Crippen molar-refractivity contribution in [1.29, 1.82) is 0 Å². The number of aliphatic hydroxyl groups is 2. The van der Waals surface area contributed by atoms with Gasteiger partial charge in [-0.25, -0.2) is 9.97 Å². The molecule has 0 aromatic carbocycles. The summed E-state index contributed by atoms with van der Waals surface area (Å²) in [5.41, 5.74) is 0. The molecule has 0 bridgehead atoms. The molecular formula is C11H10N2O2S. The predicted octanol–water partition coefficient (Wildman–Crippen LogP) is 2.37. The molecule has 82 valence electrons. The average Bonchev–Trinajstić information content (AvgIpc) is 2.31. The van der Waals surface area contributed by atoms with Crippen LogP contribution < -0.4 is 0 Å². The first kappa shape index (κ1) is 10.9. The third kappa shape index (κ3) is 2.33. The molecule has 0 radical (unpaired) electrons. The van der Waals surface area contributed by atoms with Gasteiger partial charge >= 0.3 is 0 Å². The quantitative estimate of drug-likeness (QED) is 0.783. The lowest BCUT2D eigenvalue weighted by Gasteiger charge is -2.07. The maximum atomic E-state index is 9.32. The zero-order valence-corrected chi connectivity index (χ0v) is 9.13. The molecule has 0 saturated heterocycles. The van der Waals surface area contributed by atoms with Gasteiger partial charge in [-0.2, -0.15) is 0 Å². The Kier molecular flexibility index (Phi) is 3.40. The second-order valence-electron chi connectivity index (χ2n) is 2.92. The number of aromatic nitrogens is 2. The first-order valence-electron chi connectivity index (χ1n) is 4.60. The largest absolute Gasteiger partial charge is 0.336 e. The molecule has 0 amide bonds. The minimum atomic E-state index is -0.997. The zero-order chi connectivity index (χ0) is 11.4. The number of nitrogens with zero attached hydrogens (tertiary/aromatic N) is 2. The number of hydrogen-bond donors (Lipinski definition) is 2. The van der Waals surface area contributed by atoms with Crippen LogP contribution in [0, 0.1) is 0 Å². The van der Waals surface area contributed by atoms with Crippen LogP contribution in [0.3, 0.4) is 0 Å². The van der Waals surface area contributed by atoms with E-state index >= 15 is 0 Å². The van der Waals surface area contributed by atoms with Crippen molar-refractivity contribution in [3.63, 3.8) is 0 Å². The molecule has 16 heavy (non-hydrogen) atoms. The molecule has 0 aliphatic heterocycles. The molecule has 2 N–H and O–H groups in total. The lowest BCUT2D eigenvalue weighted by molar-refractivity contribution is 0.384. The average molecular weight is 234 g/mol. The van der Waals surface area contributed by atoms with E-state index < -0.39 is 15.7 Å². The Labute approximate surface area is 95.2 Å². The Hall–Kier alpha value is -1.56. The highest BCUT2D eigenvalue weighted by molar-refractivity contribution is 8.15. The van der Waals surface area contributed by atoms with Gasteiger partial charge in [0.2, 0.25) is 5.24 Å². The molecule has 2 aromatic heterocycles. The van der Waals surface area contributed by atoms with E-state index in [0.29, 0.717) is 10.1 Å². The van der Waals surface area contributed by atoms with Gasteiger partial charge in [0.25, 0.3) is 0 Å². The SMILES string of the molecule is OC(O)=S(c1ccccn1)c1ccccn1. The summed E-state index contributed by atoms with van der Waals surface area (Å²) in [5.74, 6) is 0. The van der Waals surface area contributed by atoms with Crippen LogP contribution >= 0.6 is 10.5 Å². The summed E-state index contributed by atoms with van der Waals surface area (Å²) in [6.45, 7) is 0. The van der Waals surface area contributed by atoms with Gasteiger partial charge in [0.15, 0.2) is 0 Å². The van der Waals surface area contributed by atoms with Crippen LogP contribution in [-0.2, 0) is 0 Å². The molecule has 0 atom stereocenters. The first-order chi connectivity index (χ1) is 7.79. The van der Waals surface area contributed by atoms with E-state index in [-0.39, 0.29) is 0 Å². The molecule has 0 spiro atoms. The fourth-order valence-electron chi connectivity index (χ4n) is 1.23. The van der Waals surface area contributed by atoms with Crippen molar-refractivity contribution in [1.82, 2.24) is 9.97 Å². The molecule has 0 aliphatic carbocycles. The summed E-state index contributed by atoms with van der Waals surface area (Å²) in [7, 11) is -0.997. The van der Waals surface area contributed by atoms with Gasteiger partial charge in [0.05, 0.1) is 0 Å². The second kappa shape index (κ2) is 4.98. The van der Waals surface area contributed by atoms with Crippen molar-refractivity contribution in [3.05, 3.63) is 48.8 Å². The monoisotopic (exact) mass is 234 g/mol. The summed E-state index contributed by atoms with van der Waals surface area (Å²) in [6.07, 6.45) is 3.22. The Morgan fingerprint density at radius 1 is 0.875 bits per heavy atom. The van der Waals surface area contributed by atoms with Crippen molar-refractivity contribution in [2.45, 2.75) is 10.1 Å². The Balaban J connectivity index is 2.54. The van der Waals surface area contributed by atoms with Gasteiger partial charge in [0.1, 0.15) is 10.1 Å². The third-order valence-corrected chi connectivity index (χ3v) is 3.56. The van der Waals surface area contributed by atoms with E-state index in [1.54, 1.807) is 48.8 Å². The van der Waals surface area contributed by atoms with Crippen molar-refractivity contribution in [2.24, 2.45) is 0 Å². The van der Waals surface area contributed by atoms with Crippen LogP contribution in [0.5, 0.6) is 0 Å². The zero-order valence-electron chi connectivity index (χ0n) is 8.32. The summed E-state index contributed by atoms with van der Waals surface area (Å²) in [6, 6.07) is 10.6. The number of pyridine rings is 2. The normalized spacial score (nSPS) is 10.4. The van der Waals surface area contributed by atoms with E-state index in [1.165, 1.54) is 0 Å². The van der Waals surface area contributed by atoms with Gasteiger partial charge in [-0.1, -0.05) is 12.1 Å². The number of rotatable bonds is 2. The lowest BCUT2D eigenvalue weighted by atomic mass is 10.5. The van der Waals surface area contributed by atoms with Gasteiger partial charge in [-0.15, -0.1) is 0 Å². The maximum Gasteiger partial charge on any atom is 0.217 e. The Bertz CT molecular complexity index is 454. The molecule has 0 saturated carbocycles. The summed E-state index contributed by atoms with van der Waals surface area (Å²) in [4.78, 5) is 8.22. The maximum absolute atomic E-state index is 9.32. The van der Waals surface area contributed by atoms with Gasteiger partial charge < -0.3 is 10.2 Å². The van der Waals surface area contributed by atoms with Crippen LogP contribution in [0.25, 0.3) is 0 Å². The lowest BCUT2D eigenvalue weighted by Crippen LogP contribution is -1.97. The standard InChI is InChI=1S/C11H10N2O2S/c14-11(15)16(9-5-1-3-7-12-9)10-6-2-4-8-13-10/h1-8,14-15H. The van der Waals surface area contributed by atoms with Crippen molar-refractivity contribution < 1.29 is 10.2 Å². The highest BCUT2D eigenvalue weighted by Gasteiger charge is 2.09. The van der Waals surface area contributed by atoms with Crippen LogP contribution in [0.2, 0.25) is 0 Å². The third-order valence-electron chi connectivity index (χ3n) is 1.88. The van der Waals surface area contributed by atoms with E-state index in [2.05, 4.69) is 9.97 Å². The predicted molar refractivity (Wildman–Crippen MR) is 62.9 cm³/mol. The van der Waals surface area contributed by atoms with E-state index in [1.807, 2.05) is 0 Å². The Morgan fingerprint density at radius 2 is 1.38 bits per heavy atom. The van der Waals surface area contributed by atoms with E-state index in [0.717, 1.165) is 0 Å². The van der Waals surface area contributed by atoms with E-state index in [4.69, 9.17) is 0 Å². The molecule has 0 fully saturated rings. The highest BCUT2D eigenvalue weighted by Crippen LogP contribution is 2.32. The van der Waals surface area contributed by atoms with Crippen molar-refractivity contribution >= 4 is 15.7 Å². The molecule has 4 nitrogen and oxygen atoms in total.